The zero-order chi connectivity index (χ0) is 15.5. The first-order chi connectivity index (χ1) is 8.37. The molecule has 9 heteroatoms. The minimum Gasteiger partial charge on any atom is -0.323 e. The Hall–Kier alpha value is -0.990. The van der Waals surface area contributed by atoms with Gasteiger partial charge < -0.3 is 5.32 Å². The monoisotopic (exact) mass is 294 g/mol. The molecule has 3 nitrogen and oxygen atoms in total. The summed E-state index contributed by atoms with van der Waals surface area (Å²) in [5.41, 5.74) is -4.43. The van der Waals surface area contributed by atoms with Gasteiger partial charge in [-0.3, -0.25) is 10.1 Å². The Morgan fingerprint density at radius 1 is 1.05 bits per heavy atom. The van der Waals surface area contributed by atoms with Gasteiger partial charge in [-0.05, 0) is 20.3 Å². The number of hydrogen-bond donors (Lipinski definition) is 2. The van der Waals surface area contributed by atoms with E-state index in [9.17, 15) is 31.1 Å². The fourth-order valence-electron chi connectivity index (χ4n) is 1.43. The quantitative estimate of drug-likeness (QED) is 0.604. The SMILES string of the molecule is CCCC(=O)NC(NC(C)C)(C(F)(F)F)C(F)(F)F. The topological polar surface area (TPSA) is 41.1 Å². The molecular formula is C10H16F6N2O. The summed E-state index contributed by atoms with van der Waals surface area (Å²) in [4.78, 5) is 11.2. The first-order valence-corrected chi connectivity index (χ1v) is 5.59. The Morgan fingerprint density at radius 3 is 1.74 bits per heavy atom. The predicted octanol–water partition coefficient (Wildman–Crippen LogP) is 2.72. The average Bonchev–Trinajstić information content (AvgIpc) is 2.12. The Labute approximate surface area is 106 Å². The van der Waals surface area contributed by atoms with Gasteiger partial charge in [0.25, 0.3) is 5.66 Å². The fraction of sp³-hybridized carbons (Fsp3) is 0.900. The first kappa shape index (κ1) is 18.0. The van der Waals surface area contributed by atoms with E-state index in [0.717, 1.165) is 19.2 Å². The maximum atomic E-state index is 12.8. The molecule has 1 amide bonds. The molecule has 0 aliphatic heterocycles. The third kappa shape index (κ3) is 4.26. The van der Waals surface area contributed by atoms with Crippen LogP contribution in [-0.4, -0.2) is 30.0 Å². The molecule has 0 aliphatic rings. The summed E-state index contributed by atoms with van der Waals surface area (Å²) in [6.07, 6.45) is -11.7. The van der Waals surface area contributed by atoms with Crippen molar-refractivity contribution in [1.82, 2.24) is 10.6 Å². The van der Waals surface area contributed by atoms with Gasteiger partial charge in [-0.15, -0.1) is 0 Å². The molecule has 19 heavy (non-hydrogen) atoms. The summed E-state index contributed by atoms with van der Waals surface area (Å²) in [7, 11) is 0. The number of nitrogens with one attached hydrogen (secondary N) is 2. The van der Waals surface area contributed by atoms with E-state index in [-0.39, 0.29) is 6.42 Å². The molecule has 0 fully saturated rings. The summed E-state index contributed by atoms with van der Waals surface area (Å²) in [5.74, 6) is -1.31. The Bertz CT molecular complexity index is 296. The lowest BCUT2D eigenvalue weighted by molar-refractivity contribution is -0.317. The largest absolute Gasteiger partial charge is 0.434 e. The number of halogens is 6. The van der Waals surface area contributed by atoms with Crippen molar-refractivity contribution >= 4 is 5.91 Å². The van der Waals surface area contributed by atoms with E-state index < -0.39 is 36.4 Å². The van der Waals surface area contributed by atoms with Gasteiger partial charge in [0.2, 0.25) is 5.91 Å². The zero-order valence-corrected chi connectivity index (χ0v) is 10.7. The zero-order valence-electron chi connectivity index (χ0n) is 10.7. The maximum absolute atomic E-state index is 12.8. The van der Waals surface area contributed by atoms with Crippen LogP contribution in [0.15, 0.2) is 0 Å². The Kier molecular flexibility index (Phi) is 5.66. The van der Waals surface area contributed by atoms with Crippen molar-refractivity contribution in [2.45, 2.75) is 57.7 Å². The van der Waals surface area contributed by atoms with Crippen molar-refractivity contribution in [1.29, 1.82) is 0 Å². The molecule has 0 heterocycles. The predicted molar refractivity (Wildman–Crippen MR) is 56.2 cm³/mol. The summed E-state index contributed by atoms with van der Waals surface area (Å²) < 4.78 is 77.0. The lowest BCUT2D eigenvalue weighted by Gasteiger charge is -2.39. The normalized spacial score (nSPS) is 13.8. The number of hydrogen-bond acceptors (Lipinski definition) is 2. The van der Waals surface area contributed by atoms with E-state index in [4.69, 9.17) is 0 Å². The van der Waals surface area contributed by atoms with Crippen molar-refractivity contribution in [2.24, 2.45) is 0 Å². The average molecular weight is 294 g/mol. The van der Waals surface area contributed by atoms with E-state index in [1.54, 1.807) is 0 Å². The van der Waals surface area contributed by atoms with Crippen LogP contribution in [0.25, 0.3) is 0 Å². The Balaban J connectivity index is 5.58. The smallest absolute Gasteiger partial charge is 0.323 e. The van der Waals surface area contributed by atoms with Crippen molar-refractivity contribution in [3.05, 3.63) is 0 Å². The van der Waals surface area contributed by atoms with E-state index in [1.807, 2.05) is 0 Å². The molecule has 2 N–H and O–H groups in total. The van der Waals surface area contributed by atoms with E-state index in [2.05, 4.69) is 0 Å². The molecule has 0 bridgehead atoms. The van der Waals surface area contributed by atoms with Gasteiger partial charge >= 0.3 is 12.4 Å². The molecule has 0 aromatic heterocycles. The number of rotatable bonds is 5. The highest BCUT2D eigenvalue weighted by Crippen LogP contribution is 2.41. The van der Waals surface area contributed by atoms with Gasteiger partial charge in [0.05, 0.1) is 0 Å². The van der Waals surface area contributed by atoms with Gasteiger partial charge in [-0.1, -0.05) is 6.92 Å². The lowest BCUT2D eigenvalue weighted by Crippen LogP contribution is -2.76. The van der Waals surface area contributed by atoms with Crippen molar-refractivity contribution in [2.75, 3.05) is 0 Å². The summed E-state index contributed by atoms with van der Waals surface area (Å²) >= 11 is 0. The molecule has 0 aromatic carbocycles. The van der Waals surface area contributed by atoms with E-state index in [1.165, 1.54) is 12.2 Å². The van der Waals surface area contributed by atoms with Crippen LogP contribution >= 0.6 is 0 Å². The number of amides is 1. The molecule has 0 saturated carbocycles. The number of alkyl halides is 6. The Morgan fingerprint density at radius 2 is 1.47 bits per heavy atom. The summed E-state index contributed by atoms with van der Waals surface area (Å²) in [6, 6.07) is -1.13. The first-order valence-electron chi connectivity index (χ1n) is 5.59. The molecular weight excluding hydrogens is 278 g/mol. The van der Waals surface area contributed by atoms with E-state index >= 15 is 0 Å². The third-order valence-electron chi connectivity index (χ3n) is 2.16. The highest BCUT2D eigenvalue weighted by Gasteiger charge is 2.72. The minimum absolute atomic E-state index is 0.138. The molecule has 0 spiro atoms. The molecule has 0 radical (unpaired) electrons. The van der Waals surface area contributed by atoms with Crippen LogP contribution in [0.1, 0.15) is 33.6 Å². The maximum Gasteiger partial charge on any atom is 0.434 e. The molecule has 0 unspecified atom stereocenters. The molecule has 0 aromatic rings. The van der Waals surface area contributed by atoms with Crippen LogP contribution < -0.4 is 10.6 Å². The molecule has 0 aliphatic carbocycles. The van der Waals surface area contributed by atoms with Crippen LogP contribution in [-0.2, 0) is 4.79 Å². The van der Waals surface area contributed by atoms with Crippen LogP contribution in [0.5, 0.6) is 0 Å². The van der Waals surface area contributed by atoms with Gasteiger partial charge in [0.15, 0.2) is 0 Å². The van der Waals surface area contributed by atoms with Gasteiger partial charge in [0.1, 0.15) is 0 Å². The fourth-order valence-corrected chi connectivity index (χ4v) is 1.43. The van der Waals surface area contributed by atoms with Gasteiger partial charge in [0, 0.05) is 12.5 Å². The highest BCUT2D eigenvalue weighted by atomic mass is 19.4. The summed E-state index contributed by atoms with van der Waals surface area (Å²) in [5, 5.41) is 2.42. The molecule has 0 atom stereocenters. The highest BCUT2D eigenvalue weighted by molar-refractivity contribution is 5.77. The summed E-state index contributed by atoms with van der Waals surface area (Å²) in [6.45, 7) is 3.72. The van der Waals surface area contributed by atoms with E-state index in [0.29, 0.717) is 0 Å². The van der Waals surface area contributed by atoms with Crippen molar-refractivity contribution in [3.8, 4) is 0 Å². The van der Waals surface area contributed by atoms with Gasteiger partial charge in [-0.2, -0.15) is 26.3 Å². The third-order valence-corrected chi connectivity index (χ3v) is 2.16. The lowest BCUT2D eigenvalue weighted by atomic mass is 10.1. The second-order valence-electron chi connectivity index (χ2n) is 4.34. The van der Waals surface area contributed by atoms with Crippen LogP contribution in [0.4, 0.5) is 26.3 Å². The van der Waals surface area contributed by atoms with Crippen molar-refractivity contribution in [3.63, 3.8) is 0 Å². The van der Waals surface area contributed by atoms with Gasteiger partial charge in [-0.25, -0.2) is 0 Å². The number of carbonyl (C=O) groups excluding carboxylic acids is 1. The van der Waals surface area contributed by atoms with Crippen LogP contribution in [0.2, 0.25) is 0 Å². The molecule has 0 saturated heterocycles. The van der Waals surface area contributed by atoms with Crippen LogP contribution in [0.3, 0.4) is 0 Å². The molecule has 0 rings (SSSR count). The second-order valence-corrected chi connectivity index (χ2v) is 4.34. The molecule has 114 valence electrons. The standard InChI is InChI=1S/C10H16F6N2O/c1-4-5-7(19)18-8(9(11,12)13,10(14,15)16)17-6(2)3/h6,17H,4-5H2,1-3H3,(H,18,19). The number of carbonyl (C=O) groups is 1. The van der Waals surface area contributed by atoms with Crippen LogP contribution in [0, 0.1) is 0 Å². The van der Waals surface area contributed by atoms with Crippen molar-refractivity contribution < 1.29 is 31.1 Å². The minimum atomic E-state index is -5.71. The second kappa shape index (κ2) is 5.98.